The Kier molecular flexibility index (Phi) is 2.43. The normalized spacial score (nSPS) is 19.8. The molecule has 15 heavy (non-hydrogen) atoms. The molecule has 0 bridgehead atoms. The van der Waals surface area contributed by atoms with E-state index in [4.69, 9.17) is 15.4 Å². The molecule has 3 nitrogen and oxygen atoms in total. The number of hydrogen-bond donors (Lipinski definition) is 0. The van der Waals surface area contributed by atoms with Gasteiger partial charge in [-0.05, 0) is 37.1 Å². The number of halogens is 1. The fraction of sp³-hybridized carbons (Fsp3) is 0.400. The van der Waals surface area contributed by atoms with Crippen LogP contribution in [0.3, 0.4) is 0 Å². The van der Waals surface area contributed by atoms with E-state index in [-0.39, 0.29) is 11.0 Å². The molecule has 0 amide bonds. The minimum Gasteiger partial charge on any atom is -0.490 e. The molecule has 0 spiro atoms. The molecule has 0 saturated carbocycles. The van der Waals surface area contributed by atoms with E-state index in [2.05, 4.69) is 0 Å². The van der Waals surface area contributed by atoms with Gasteiger partial charge in [-0.3, -0.25) is 0 Å². The molecular formula is C10H11ClO3S. The second-order valence-corrected chi connectivity index (χ2v) is 6.36. The summed E-state index contributed by atoms with van der Waals surface area (Å²) in [5, 5.41) is 0. The van der Waals surface area contributed by atoms with E-state index in [0.29, 0.717) is 0 Å². The van der Waals surface area contributed by atoms with Crippen molar-refractivity contribution in [1.82, 2.24) is 0 Å². The maximum Gasteiger partial charge on any atom is 0.261 e. The summed E-state index contributed by atoms with van der Waals surface area (Å²) in [6.07, 6.45) is 0.836. The SMILES string of the molecule is Cc1cc(S(=O)(=O)Cl)cc2c1OC(C)C2. The van der Waals surface area contributed by atoms with Crippen LogP contribution in [0.25, 0.3) is 0 Å². The van der Waals surface area contributed by atoms with Gasteiger partial charge in [-0.25, -0.2) is 8.42 Å². The highest BCUT2D eigenvalue weighted by Crippen LogP contribution is 2.35. The third kappa shape index (κ3) is 1.96. The Bertz CT molecular complexity index is 508. The van der Waals surface area contributed by atoms with Crippen molar-refractivity contribution in [2.75, 3.05) is 0 Å². The molecule has 1 atom stereocenters. The van der Waals surface area contributed by atoms with Gasteiger partial charge in [0.25, 0.3) is 9.05 Å². The Hall–Kier alpha value is -0.740. The van der Waals surface area contributed by atoms with Gasteiger partial charge >= 0.3 is 0 Å². The Morgan fingerprint density at radius 3 is 2.73 bits per heavy atom. The van der Waals surface area contributed by atoms with Gasteiger partial charge in [-0.1, -0.05) is 0 Å². The zero-order chi connectivity index (χ0) is 11.2. The fourth-order valence-corrected chi connectivity index (χ4v) is 2.69. The molecular weight excluding hydrogens is 236 g/mol. The van der Waals surface area contributed by atoms with Crippen molar-refractivity contribution >= 4 is 19.7 Å². The number of benzene rings is 1. The smallest absolute Gasteiger partial charge is 0.261 e. The first-order valence-corrected chi connectivity index (χ1v) is 6.93. The van der Waals surface area contributed by atoms with E-state index < -0.39 is 9.05 Å². The zero-order valence-electron chi connectivity index (χ0n) is 8.45. The van der Waals surface area contributed by atoms with Crippen LogP contribution in [-0.4, -0.2) is 14.5 Å². The summed E-state index contributed by atoms with van der Waals surface area (Å²) in [4.78, 5) is 0.151. The van der Waals surface area contributed by atoms with E-state index in [1.54, 1.807) is 12.1 Å². The van der Waals surface area contributed by atoms with Crippen molar-refractivity contribution in [3.05, 3.63) is 23.3 Å². The van der Waals surface area contributed by atoms with E-state index in [1.807, 2.05) is 13.8 Å². The molecule has 82 valence electrons. The quantitative estimate of drug-likeness (QED) is 0.714. The first-order valence-electron chi connectivity index (χ1n) is 4.63. The average Bonchev–Trinajstić information content (AvgIpc) is 2.44. The molecule has 5 heteroatoms. The first-order chi connectivity index (χ1) is 6.88. The minimum absolute atomic E-state index is 0.104. The molecule has 1 heterocycles. The Labute approximate surface area is 93.4 Å². The van der Waals surface area contributed by atoms with E-state index in [0.717, 1.165) is 23.3 Å². The molecule has 0 aliphatic carbocycles. The second kappa shape index (κ2) is 3.39. The predicted octanol–water partition coefficient (Wildman–Crippen LogP) is 2.25. The van der Waals surface area contributed by atoms with Crippen LogP contribution in [-0.2, 0) is 15.5 Å². The van der Waals surface area contributed by atoms with Crippen molar-refractivity contribution in [2.24, 2.45) is 0 Å². The maximum absolute atomic E-state index is 11.2. The second-order valence-electron chi connectivity index (χ2n) is 3.80. The Morgan fingerprint density at radius 1 is 1.47 bits per heavy atom. The van der Waals surface area contributed by atoms with Crippen molar-refractivity contribution in [3.8, 4) is 5.75 Å². The van der Waals surface area contributed by atoms with E-state index in [1.165, 1.54) is 0 Å². The van der Waals surface area contributed by atoms with Crippen LogP contribution in [0, 0.1) is 6.92 Å². The Morgan fingerprint density at radius 2 is 2.13 bits per heavy atom. The van der Waals surface area contributed by atoms with Gasteiger partial charge in [-0.2, -0.15) is 0 Å². The number of rotatable bonds is 1. The molecule has 1 unspecified atom stereocenters. The van der Waals surface area contributed by atoms with Gasteiger partial charge in [0.15, 0.2) is 0 Å². The number of ether oxygens (including phenoxy) is 1. The van der Waals surface area contributed by atoms with Crippen molar-refractivity contribution in [2.45, 2.75) is 31.3 Å². The van der Waals surface area contributed by atoms with Crippen LogP contribution in [0.15, 0.2) is 17.0 Å². The molecule has 0 N–H and O–H groups in total. The van der Waals surface area contributed by atoms with Gasteiger partial charge in [0.1, 0.15) is 11.9 Å². The van der Waals surface area contributed by atoms with Gasteiger partial charge in [-0.15, -0.1) is 0 Å². The van der Waals surface area contributed by atoms with Gasteiger partial charge in [0.05, 0.1) is 4.90 Å². The van der Waals surface area contributed by atoms with Crippen LogP contribution in [0.2, 0.25) is 0 Å². The topological polar surface area (TPSA) is 43.4 Å². The lowest BCUT2D eigenvalue weighted by molar-refractivity contribution is 0.253. The molecule has 1 aromatic rings. The summed E-state index contributed by atoms with van der Waals surface area (Å²) in [6, 6.07) is 3.13. The van der Waals surface area contributed by atoms with Crippen LogP contribution in [0.4, 0.5) is 0 Å². The van der Waals surface area contributed by atoms with E-state index in [9.17, 15) is 8.42 Å². The number of aryl methyl sites for hydroxylation is 1. The molecule has 1 aromatic carbocycles. The standard InChI is InChI=1S/C10H11ClO3S/c1-6-3-9(15(11,12)13)5-8-4-7(2)14-10(6)8/h3,5,7H,4H2,1-2H3. The van der Waals surface area contributed by atoms with Crippen LogP contribution >= 0.6 is 10.7 Å². The van der Waals surface area contributed by atoms with Crippen LogP contribution < -0.4 is 4.74 Å². The summed E-state index contributed by atoms with van der Waals surface area (Å²) in [5.74, 6) is 0.798. The average molecular weight is 247 g/mol. The molecule has 0 fully saturated rings. The highest BCUT2D eigenvalue weighted by molar-refractivity contribution is 8.13. The van der Waals surface area contributed by atoms with Crippen molar-refractivity contribution in [3.63, 3.8) is 0 Å². The monoisotopic (exact) mass is 246 g/mol. The summed E-state index contributed by atoms with van der Waals surface area (Å²) in [5.41, 5.74) is 1.73. The minimum atomic E-state index is -3.65. The predicted molar refractivity (Wildman–Crippen MR) is 58.0 cm³/mol. The fourth-order valence-electron chi connectivity index (χ4n) is 1.82. The van der Waals surface area contributed by atoms with Crippen LogP contribution in [0.5, 0.6) is 5.75 Å². The van der Waals surface area contributed by atoms with Crippen LogP contribution in [0.1, 0.15) is 18.1 Å². The maximum atomic E-state index is 11.2. The number of fused-ring (bicyclic) bond motifs is 1. The zero-order valence-corrected chi connectivity index (χ0v) is 10.0. The summed E-state index contributed by atoms with van der Waals surface area (Å²) in [6.45, 7) is 3.77. The van der Waals surface area contributed by atoms with Gasteiger partial charge in [0.2, 0.25) is 0 Å². The lowest BCUT2D eigenvalue weighted by atomic mass is 10.1. The highest BCUT2D eigenvalue weighted by Gasteiger charge is 2.24. The molecule has 0 aromatic heterocycles. The lowest BCUT2D eigenvalue weighted by Crippen LogP contribution is -2.05. The van der Waals surface area contributed by atoms with Gasteiger partial charge < -0.3 is 4.74 Å². The number of hydrogen-bond acceptors (Lipinski definition) is 3. The summed E-state index contributed by atoms with van der Waals surface area (Å²) in [7, 11) is 1.65. The molecule has 0 saturated heterocycles. The summed E-state index contributed by atoms with van der Waals surface area (Å²) >= 11 is 0. The third-order valence-corrected chi connectivity index (χ3v) is 3.77. The first kappa shape index (κ1) is 10.8. The van der Waals surface area contributed by atoms with Crippen molar-refractivity contribution < 1.29 is 13.2 Å². The molecule has 0 radical (unpaired) electrons. The largest absolute Gasteiger partial charge is 0.490 e. The summed E-state index contributed by atoms with van der Waals surface area (Å²) < 4.78 is 27.9. The van der Waals surface area contributed by atoms with Crippen molar-refractivity contribution in [1.29, 1.82) is 0 Å². The van der Waals surface area contributed by atoms with E-state index >= 15 is 0 Å². The molecule has 1 aliphatic heterocycles. The lowest BCUT2D eigenvalue weighted by Gasteiger charge is -2.06. The third-order valence-electron chi connectivity index (χ3n) is 2.43. The Balaban J connectivity index is 2.59. The molecule has 2 rings (SSSR count). The highest BCUT2D eigenvalue weighted by atomic mass is 35.7. The molecule has 1 aliphatic rings. The van der Waals surface area contributed by atoms with Gasteiger partial charge in [0, 0.05) is 17.1 Å².